The highest BCUT2D eigenvalue weighted by molar-refractivity contribution is 5.41. The Bertz CT molecular complexity index is 338. The molecular weight excluding hydrogens is 162 g/mol. The van der Waals surface area contributed by atoms with Crippen LogP contribution < -0.4 is 4.74 Å². The Morgan fingerprint density at radius 1 is 1.46 bits per heavy atom. The van der Waals surface area contributed by atoms with Crippen LogP contribution in [0.1, 0.15) is 24.1 Å². The number of hydrogen-bond donors (Lipinski definition) is 0. The summed E-state index contributed by atoms with van der Waals surface area (Å²) < 4.78 is 5.18. The van der Waals surface area contributed by atoms with Crippen molar-refractivity contribution in [2.75, 3.05) is 7.11 Å². The molecule has 2 heteroatoms. The molecule has 0 radical (unpaired) electrons. The van der Waals surface area contributed by atoms with Gasteiger partial charge in [-0.05, 0) is 13.0 Å². The van der Waals surface area contributed by atoms with Gasteiger partial charge in [0.25, 0.3) is 0 Å². The van der Waals surface area contributed by atoms with E-state index in [9.17, 15) is 0 Å². The monoisotopic (exact) mass is 175 g/mol. The third kappa shape index (κ3) is 1.81. The number of benzene rings is 1. The minimum absolute atomic E-state index is 0.0879. The zero-order chi connectivity index (χ0) is 9.84. The lowest BCUT2D eigenvalue weighted by atomic mass is 10.0. The van der Waals surface area contributed by atoms with Gasteiger partial charge in [0, 0.05) is 18.1 Å². The Balaban J connectivity index is 3.17. The highest BCUT2D eigenvalue weighted by atomic mass is 16.5. The van der Waals surface area contributed by atoms with E-state index in [1.165, 1.54) is 0 Å². The molecule has 0 heterocycles. The van der Waals surface area contributed by atoms with Crippen molar-refractivity contribution in [2.24, 2.45) is 0 Å². The Morgan fingerprint density at radius 2 is 2.15 bits per heavy atom. The lowest BCUT2D eigenvalue weighted by Crippen LogP contribution is -1.95. The molecule has 1 aromatic carbocycles. The summed E-state index contributed by atoms with van der Waals surface area (Å²) in [7, 11) is 1.65. The summed E-state index contributed by atoms with van der Waals surface area (Å²) in [6.07, 6.45) is 0. The van der Waals surface area contributed by atoms with Gasteiger partial charge in [-0.1, -0.05) is 12.1 Å². The van der Waals surface area contributed by atoms with Crippen LogP contribution in [0.2, 0.25) is 0 Å². The summed E-state index contributed by atoms with van der Waals surface area (Å²) in [5.74, 6) is 0.855. The van der Waals surface area contributed by atoms with E-state index in [-0.39, 0.29) is 6.04 Å². The first kappa shape index (κ1) is 9.60. The molecule has 0 fully saturated rings. The van der Waals surface area contributed by atoms with Crippen LogP contribution in [0.4, 0.5) is 0 Å². The van der Waals surface area contributed by atoms with E-state index in [0.717, 1.165) is 16.9 Å². The SMILES string of the molecule is [C-]#[N+]C(C)c1cccc(OC)c1C. The molecular formula is C11H13NO. The second-order valence-electron chi connectivity index (χ2n) is 2.98. The first-order valence-corrected chi connectivity index (χ1v) is 4.20. The summed E-state index contributed by atoms with van der Waals surface area (Å²) in [6, 6.07) is 5.72. The molecule has 1 aromatic rings. The molecule has 1 unspecified atom stereocenters. The van der Waals surface area contributed by atoms with Gasteiger partial charge in [-0.2, -0.15) is 0 Å². The van der Waals surface area contributed by atoms with Crippen LogP contribution in [-0.2, 0) is 0 Å². The van der Waals surface area contributed by atoms with Crippen LogP contribution in [0, 0.1) is 13.5 Å². The third-order valence-corrected chi connectivity index (χ3v) is 2.19. The van der Waals surface area contributed by atoms with Crippen LogP contribution in [-0.4, -0.2) is 7.11 Å². The Kier molecular flexibility index (Phi) is 2.92. The van der Waals surface area contributed by atoms with Crippen LogP contribution in [0.3, 0.4) is 0 Å². The van der Waals surface area contributed by atoms with Crippen LogP contribution >= 0.6 is 0 Å². The van der Waals surface area contributed by atoms with E-state index >= 15 is 0 Å². The van der Waals surface area contributed by atoms with Crippen molar-refractivity contribution in [3.8, 4) is 5.75 Å². The van der Waals surface area contributed by atoms with Gasteiger partial charge in [0.05, 0.1) is 7.11 Å². The molecule has 1 atom stereocenters. The largest absolute Gasteiger partial charge is 0.496 e. The molecule has 0 N–H and O–H groups in total. The van der Waals surface area contributed by atoms with E-state index < -0.39 is 0 Å². The van der Waals surface area contributed by atoms with Crippen molar-refractivity contribution < 1.29 is 4.74 Å². The molecule has 0 aromatic heterocycles. The highest BCUT2D eigenvalue weighted by Gasteiger charge is 2.13. The van der Waals surface area contributed by atoms with Gasteiger partial charge in [-0.15, -0.1) is 0 Å². The molecule has 13 heavy (non-hydrogen) atoms. The molecule has 0 aliphatic carbocycles. The van der Waals surface area contributed by atoms with Crippen molar-refractivity contribution in [3.63, 3.8) is 0 Å². The molecule has 0 bridgehead atoms. The van der Waals surface area contributed by atoms with Crippen molar-refractivity contribution in [3.05, 3.63) is 40.7 Å². The van der Waals surface area contributed by atoms with E-state index in [1.54, 1.807) is 7.11 Å². The van der Waals surface area contributed by atoms with Gasteiger partial charge in [-0.25, -0.2) is 6.57 Å². The third-order valence-electron chi connectivity index (χ3n) is 2.19. The Hall–Kier alpha value is -1.49. The van der Waals surface area contributed by atoms with Crippen LogP contribution in [0.25, 0.3) is 4.85 Å². The average molecular weight is 175 g/mol. The van der Waals surface area contributed by atoms with Crippen molar-refractivity contribution in [1.82, 2.24) is 0 Å². The molecule has 0 saturated heterocycles. The fraction of sp³-hybridized carbons (Fsp3) is 0.364. The molecule has 0 spiro atoms. The Morgan fingerprint density at radius 3 is 2.69 bits per heavy atom. The summed E-state index contributed by atoms with van der Waals surface area (Å²) in [4.78, 5) is 3.49. The van der Waals surface area contributed by atoms with Gasteiger partial charge < -0.3 is 9.58 Å². The maximum absolute atomic E-state index is 6.95. The van der Waals surface area contributed by atoms with Gasteiger partial charge >= 0.3 is 0 Å². The van der Waals surface area contributed by atoms with Gasteiger partial charge in [0.1, 0.15) is 5.75 Å². The van der Waals surface area contributed by atoms with Crippen LogP contribution in [0.5, 0.6) is 5.75 Å². The fourth-order valence-corrected chi connectivity index (χ4v) is 1.37. The molecule has 0 aliphatic rings. The number of rotatable bonds is 2. The maximum Gasteiger partial charge on any atom is 0.246 e. The minimum Gasteiger partial charge on any atom is -0.496 e. The first-order chi connectivity index (χ1) is 6.20. The average Bonchev–Trinajstić information content (AvgIpc) is 2.17. The quantitative estimate of drug-likeness (QED) is 0.630. The second-order valence-corrected chi connectivity index (χ2v) is 2.98. The van der Waals surface area contributed by atoms with E-state index in [4.69, 9.17) is 11.3 Å². The number of hydrogen-bond acceptors (Lipinski definition) is 1. The topological polar surface area (TPSA) is 13.6 Å². The van der Waals surface area contributed by atoms with Crippen molar-refractivity contribution >= 4 is 0 Å². The van der Waals surface area contributed by atoms with Gasteiger partial charge in [0.2, 0.25) is 6.04 Å². The van der Waals surface area contributed by atoms with Crippen molar-refractivity contribution in [1.29, 1.82) is 0 Å². The standard InChI is InChI=1S/C11H13NO/c1-8-10(9(2)12-3)6-5-7-11(8)13-4/h5-7,9H,1-2,4H3. The summed E-state index contributed by atoms with van der Waals surface area (Å²) in [5, 5.41) is 0. The number of nitrogens with zero attached hydrogens (tertiary/aromatic N) is 1. The maximum atomic E-state index is 6.95. The normalized spacial score (nSPS) is 11.8. The smallest absolute Gasteiger partial charge is 0.246 e. The predicted octanol–water partition coefficient (Wildman–Crippen LogP) is 2.98. The minimum atomic E-state index is -0.0879. The van der Waals surface area contributed by atoms with E-state index in [1.807, 2.05) is 32.0 Å². The summed E-state index contributed by atoms with van der Waals surface area (Å²) in [5.41, 5.74) is 2.11. The zero-order valence-corrected chi connectivity index (χ0v) is 8.16. The van der Waals surface area contributed by atoms with E-state index in [2.05, 4.69) is 4.85 Å². The first-order valence-electron chi connectivity index (χ1n) is 4.20. The molecule has 0 amide bonds. The molecule has 0 aliphatic heterocycles. The second kappa shape index (κ2) is 3.95. The van der Waals surface area contributed by atoms with Crippen LogP contribution in [0.15, 0.2) is 18.2 Å². The molecule has 1 rings (SSSR count). The van der Waals surface area contributed by atoms with Gasteiger partial charge in [0.15, 0.2) is 0 Å². The highest BCUT2D eigenvalue weighted by Crippen LogP contribution is 2.27. The number of ether oxygens (including phenoxy) is 1. The predicted molar refractivity (Wildman–Crippen MR) is 52.7 cm³/mol. The lowest BCUT2D eigenvalue weighted by Gasteiger charge is -2.08. The molecule has 68 valence electrons. The molecule has 0 saturated carbocycles. The summed E-state index contributed by atoms with van der Waals surface area (Å²) in [6.45, 7) is 10.8. The van der Waals surface area contributed by atoms with Crippen molar-refractivity contribution in [2.45, 2.75) is 19.9 Å². The summed E-state index contributed by atoms with van der Waals surface area (Å²) >= 11 is 0. The molecule has 2 nitrogen and oxygen atoms in total. The number of methoxy groups -OCH3 is 1. The zero-order valence-electron chi connectivity index (χ0n) is 8.16. The van der Waals surface area contributed by atoms with E-state index in [0.29, 0.717) is 0 Å². The fourth-order valence-electron chi connectivity index (χ4n) is 1.37. The lowest BCUT2D eigenvalue weighted by molar-refractivity contribution is 0.411. The van der Waals surface area contributed by atoms with Gasteiger partial charge in [-0.3, -0.25) is 0 Å². The Labute approximate surface area is 79.0 Å².